The van der Waals surface area contributed by atoms with Gasteiger partial charge in [0.05, 0.1) is 5.60 Å². The fourth-order valence-corrected chi connectivity index (χ4v) is 1.98. The summed E-state index contributed by atoms with van der Waals surface area (Å²) >= 11 is 0. The lowest BCUT2D eigenvalue weighted by Crippen LogP contribution is -2.46. The van der Waals surface area contributed by atoms with Crippen molar-refractivity contribution in [1.29, 1.82) is 0 Å². The number of hydrogen-bond donors (Lipinski definition) is 2. The van der Waals surface area contributed by atoms with Gasteiger partial charge in [0.2, 0.25) is 0 Å². The van der Waals surface area contributed by atoms with Crippen LogP contribution in [-0.2, 0) is 4.74 Å². The molecule has 1 saturated heterocycles. The van der Waals surface area contributed by atoms with Gasteiger partial charge in [0.1, 0.15) is 5.69 Å². The molecule has 1 aliphatic heterocycles. The first-order valence-electron chi connectivity index (χ1n) is 6.11. The average Bonchev–Trinajstić information content (AvgIpc) is 2.38. The van der Waals surface area contributed by atoms with E-state index in [9.17, 15) is 9.90 Å². The number of carbonyl (C=O) groups is 1. The third-order valence-electron chi connectivity index (χ3n) is 3.23. The Balaban J connectivity index is 1.94. The molecule has 0 aromatic carbocycles. The van der Waals surface area contributed by atoms with Crippen LogP contribution >= 0.6 is 0 Å². The van der Waals surface area contributed by atoms with Crippen molar-refractivity contribution in [3.8, 4) is 0 Å². The number of pyridine rings is 1. The van der Waals surface area contributed by atoms with Crippen LogP contribution in [0.25, 0.3) is 0 Å². The predicted molar refractivity (Wildman–Crippen MR) is 66.3 cm³/mol. The van der Waals surface area contributed by atoms with Gasteiger partial charge >= 0.3 is 0 Å². The Bertz CT molecular complexity index is 428. The van der Waals surface area contributed by atoms with Crippen molar-refractivity contribution in [2.45, 2.75) is 25.4 Å². The summed E-state index contributed by atoms with van der Waals surface area (Å²) in [5, 5.41) is 13.0. The molecule has 5 heteroatoms. The number of nitrogens with one attached hydrogen (secondary N) is 1. The maximum absolute atomic E-state index is 11.9. The first-order valence-corrected chi connectivity index (χ1v) is 6.11. The highest BCUT2D eigenvalue weighted by Gasteiger charge is 2.30. The number of amides is 1. The Kier molecular flexibility index (Phi) is 3.93. The second-order valence-electron chi connectivity index (χ2n) is 4.69. The Morgan fingerprint density at radius 1 is 1.56 bits per heavy atom. The third-order valence-corrected chi connectivity index (χ3v) is 3.23. The standard InChI is InChI=1S/C13H18N2O3/c1-10-3-2-6-14-11(10)12(16)15-9-13(17)4-7-18-8-5-13/h2-3,6,17H,4-5,7-9H2,1H3,(H,15,16). The van der Waals surface area contributed by atoms with Gasteiger partial charge < -0.3 is 15.2 Å². The molecular formula is C13H18N2O3. The lowest BCUT2D eigenvalue weighted by molar-refractivity contribution is -0.0605. The highest BCUT2D eigenvalue weighted by Crippen LogP contribution is 2.19. The molecule has 0 spiro atoms. The van der Waals surface area contributed by atoms with Crippen LogP contribution in [0.4, 0.5) is 0 Å². The summed E-state index contributed by atoms with van der Waals surface area (Å²) < 4.78 is 5.19. The minimum Gasteiger partial charge on any atom is -0.388 e. The predicted octanol–water partition coefficient (Wildman–Crippen LogP) is 0.661. The second kappa shape index (κ2) is 5.46. The molecule has 1 amide bonds. The largest absolute Gasteiger partial charge is 0.388 e. The molecule has 0 radical (unpaired) electrons. The zero-order valence-corrected chi connectivity index (χ0v) is 10.5. The Morgan fingerprint density at radius 3 is 2.94 bits per heavy atom. The minimum absolute atomic E-state index is 0.241. The van der Waals surface area contributed by atoms with E-state index in [2.05, 4.69) is 10.3 Å². The van der Waals surface area contributed by atoms with Gasteiger partial charge in [-0.25, -0.2) is 0 Å². The molecule has 1 aromatic rings. The minimum atomic E-state index is -0.851. The highest BCUT2D eigenvalue weighted by molar-refractivity contribution is 5.93. The molecule has 5 nitrogen and oxygen atoms in total. The lowest BCUT2D eigenvalue weighted by atomic mass is 9.94. The number of aryl methyl sites for hydroxylation is 1. The Hall–Kier alpha value is -1.46. The van der Waals surface area contributed by atoms with Crippen molar-refractivity contribution in [3.63, 3.8) is 0 Å². The van der Waals surface area contributed by atoms with Crippen molar-refractivity contribution in [2.24, 2.45) is 0 Å². The van der Waals surface area contributed by atoms with Crippen LogP contribution in [0.15, 0.2) is 18.3 Å². The number of hydrogen-bond acceptors (Lipinski definition) is 4. The normalized spacial score (nSPS) is 18.3. The van der Waals surface area contributed by atoms with Crippen LogP contribution in [0.3, 0.4) is 0 Å². The van der Waals surface area contributed by atoms with Crippen molar-refractivity contribution in [3.05, 3.63) is 29.6 Å². The van der Waals surface area contributed by atoms with Crippen LogP contribution < -0.4 is 5.32 Å². The Labute approximate surface area is 106 Å². The zero-order valence-electron chi connectivity index (χ0n) is 10.5. The molecule has 0 bridgehead atoms. The molecule has 2 N–H and O–H groups in total. The summed E-state index contributed by atoms with van der Waals surface area (Å²) in [6.07, 6.45) is 2.69. The number of carbonyl (C=O) groups excluding carboxylic acids is 1. The molecule has 2 rings (SSSR count). The third kappa shape index (κ3) is 3.05. The first kappa shape index (κ1) is 13.0. The van der Waals surface area contributed by atoms with E-state index < -0.39 is 5.60 Å². The molecular weight excluding hydrogens is 232 g/mol. The Morgan fingerprint density at radius 2 is 2.28 bits per heavy atom. The van der Waals surface area contributed by atoms with E-state index in [1.807, 2.05) is 13.0 Å². The van der Waals surface area contributed by atoms with Gasteiger partial charge in [-0.15, -0.1) is 0 Å². The van der Waals surface area contributed by atoms with E-state index in [4.69, 9.17) is 4.74 Å². The zero-order chi connectivity index (χ0) is 13.0. The number of aromatic nitrogens is 1. The summed E-state index contributed by atoms with van der Waals surface area (Å²) in [4.78, 5) is 16.0. The quantitative estimate of drug-likeness (QED) is 0.826. The lowest BCUT2D eigenvalue weighted by Gasteiger charge is -2.32. The highest BCUT2D eigenvalue weighted by atomic mass is 16.5. The average molecular weight is 250 g/mol. The molecule has 0 aliphatic carbocycles. The number of aliphatic hydroxyl groups is 1. The van der Waals surface area contributed by atoms with Crippen LogP contribution in [0, 0.1) is 6.92 Å². The molecule has 1 aliphatic rings. The fourth-order valence-electron chi connectivity index (χ4n) is 1.98. The molecule has 0 atom stereocenters. The monoisotopic (exact) mass is 250 g/mol. The van der Waals surface area contributed by atoms with Gasteiger partial charge in [-0.2, -0.15) is 0 Å². The van der Waals surface area contributed by atoms with Crippen LogP contribution in [0.2, 0.25) is 0 Å². The van der Waals surface area contributed by atoms with E-state index >= 15 is 0 Å². The smallest absolute Gasteiger partial charge is 0.270 e. The van der Waals surface area contributed by atoms with Gasteiger partial charge in [0.25, 0.3) is 5.91 Å². The van der Waals surface area contributed by atoms with Crippen molar-refractivity contribution < 1.29 is 14.6 Å². The van der Waals surface area contributed by atoms with E-state index in [-0.39, 0.29) is 12.5 Å². The molecule has 2 heterocycles. The number of nitrogens with zero attached hydrogens (tertiary/aromatic N) is 1. The van der Waals surface area contributed by atoms with Gasteiger partial charge in [-0.05, 0) is 18.6 Å². The fraction of sp³-hybridized carbons (Fsp3) is 0.538. The molecule has 98 valence electrons. The summed E-state index contributed by atoms with van der Waals surface area (Å²) in [5.74, 6) is -0.243. The molecule has 1 aromatic heterocycles. The molecule has 0 saturated carbocycles. The van der Waals surface area contributed by atoms with E-state index in [1.54, 1.807) is 12.3 Å². The van der Waals surface area contributed by atoms with E-state index in [0.29, 0.717) is 31.7 Å². The summed E-state index contributed by atoms with van der Waals surface area (Å²) in [6, 6.07) is 3.63. The van der Waals surface area contributed by atoms with Crippen LogP contribution in [0.5, 0.6) is 0 Å². The van der Waals surface area contributed by atoms with Crippen molar-refractivity contribution in [2.75, 3.05) is 19.8 Å². The van der Waals surface area contributed by atoms with Crippen LogP contribution in [0.1, 0.15) is 28.9 Å². The maximum Gasteiger partial charge on any atom is 0.270 e. The summed E-state index contributed by atoms with van der Waals surface area (Å²) in [7, 11) is 0. The summed E-state index contributed by atoms with van der Waals surface area (Å²) in [6.45, 7) is 3.15. The van der Waals surface area contributed by atoms with Crippen molar-refractivity contribution >= 4 is 5.91 Å². The molecule has 18 heavy (non-hydrogen) atoms. The van der Waals surface area contributed by atoms with Gasteiger partial charge in [-0.1, -0.05) is 6.07 Å². The molecule has 0 unspecified atom stereocenters. The second-order valence-corrected chi connectivity index (χ2v) is 4.69. The first-order chi connectivity index (χ1) is 8.61. The maximum atomic E-state index is 11.9. The SMILES string of the molecule is Cc1cccnc1C(=O)NCC1(O)CCOCC1. The van der Waals surface area contributed by atoms with Gasteiger partial charge in [-0.3, -0.25) is 9.78 Å². The van der Waals surface area contributed by atoms with Gasteiger partial charge in [0, 0.05) is 38.8 Å². The number of rotatable bonds is 3. The summed E-state index contributed by atoms with van der Waals surface area (Å²) in [5.41, 5.74) is 0.387. The number of ether oxygens (including phenoxy) is 1. The van der Waals surface area contributed by atoms with E-state index in [0.717, 1.165) is 5.56 Å². The topological polar surface area (TPSA) is 71.5 Å². The van der Waals surface area contributed by atoms with Gasteiger partial charge in [0.15, 0.2) is 0 Å². The van der Waals surface area contributed by atoms with Crippen molar-refractivity contribution in [1.82, 2.24) is 10.3 Å². The molecule has 1 fully saturated rings. The van der Waals surface area contributed by atoms with E-state index in [1.165, 1.54) is 0 Å². The van der Waals surface area contributed by atoms with Crippen LogP contribution in [-0.4, -0.2) is 41.4 Å².